The van der Waals surface area contributed by atoms with Crippen molar-refractivity contribution in [2.24, 2.45) is 0 Å². The highest BCUT2D eigenvalue weighted by Gasteiger charge is 2.22. The van der Waals surface area contributed by atoms with Crippen LogP contribution in [0.3, 0.4) is 0 Å². The van der Waals surface area contributed by atoms with Gasteiger partial charge in [0.15, 0.2) is 11.5 Å². The van der Waals surface area contributed by atoms with E-state index in [1.807, 2.05) is 6.92 Å². The number of rotatable bonds is 6. The van der Waals surface area contributed by atoms with E-state index < -0.39 is 17.9 Å². The molecule has 0 aliphatic heterocycles. The molecule has 0 saturated heterocycles. The van der Waals surface area contributed by atoms with Crippen molar-refractivity contribution in [2.45, 2.75) is 27.7 Å². The molecule has 0 fully saturated rings. The Morgan fingerprint density at radius 2 is 1.17 bits per heavy atom. The standard InChI is InChI=1S/C23H22O6/c1-12(2)21(24)27-18-11-19(28-22(25)13(3)4)20(29-23(26)14(5)6)16-9-8-15(7)10-17(16)18/h8-11H,1,3,5H2,2,4,6-7H3. The number of aryl methyl sites for hydroxylation is 1. The van der Waals surface area contributed by atoms with Crippen LogP contribution in [0.25, 0.3) is 10.8 Å². The Kier molecular flexibility index (Phi) is 6.38. The van der Waals surface area contributed by atoms with Gasteiger partial charge in [-0.3, -0.25) is 0 Å². The largest absolute Gasteiger partial charge is 0.422 e. The lowest BCUT2D eigenvalue weighted by Crippen LogP contribution is -2.14. The molecule has 0 unspecified atom stereocenters. The van der Waals surface area contributed by atoms with Crippen LogP contribution in [-0.4, -0.2) is 17.9 Å². The summed E-state index contributed by atoms with van der Waals surface area (Å²) < 4.78 is 16.2. The van der Waals surface area contributed by atoms with Crippen molar-refractivity contribution in [3.8, 4) is 17.2 Å². The third-order valence-electron chi connectivity index (χ3n) is 3.82. The topological polar surface area (TPSA) is 78.9 Å². The van der Waals surface area contributed by atoms with Gasteiger partial charge in [0.2, 0.25) is 0 Å². The summed E-state index contributed by atoms with van der Waals surface area (Å²) in [4.78, 5) is 36.4. The minimum Gasteiger partial charge on any atom is -0.422 e. The minimum atomic E-state index is -0.721. The van der Waals surface area contributed by atoms with Crippen LogP contribution in [0, 0.1) is 6.92 Å². The van der Waals surface area contributed by atoms with Crippen LogP contribution in [0.15, 0.2) is 60.7 Å². The molecule has 0 amide bonds. The van der Waals surface area contributed by atoms with E-state index in [-0.39, 0.29) is 34.0 Å². The molecule has 0 radical (unpaired) electrons. The van der Waals surface area contributed by atoms with Gasteiger partial charge < -0.3 is 14.2 Å². The molecule has 0 spiro atoms. The van der Waals surface area contributed by atoms with E-state index in [0.29, 0.717) is 10.8 Å². The molecule has 0 heterocycles. The Balaban J connectivity index is 2.78. The summed E-state index contributed by atoms with van der Waals surface area (Å²) in [6.07, 6.45) is 0. The molecule has 0 saturated carbocycles. The van der Waals surface area contributed by atoms with Crippen molar-refractivity contribution in [3.63, 3.8) is 0 Å². The molecule has 0 N–H and O–H groups in total. The summed E-state index contributed by atoms with van der Waals surface area (Å²) in [6.45, 7) is 17.0. The second-order valence-electron chi connectivity index (χ2n) is 6.76. The van der Waals surface area contributed by atoms with Gasteiger partial charge in [0.25, 0.3) is 0 Å². The number of benzene rings is 2. The summed E-state index contributed by atoms with van der Waals surface area (Å²) in [5, 5.41) is 0.918. The van der Waals surface area contributed by atoms with Crippen LogP contribution in [0.4, 0.5) is 0 Å². The third kappa shape index (κ3) is 4.99. The summed E-state index contributed by atoms with van der Waals surface area (Å²) in [7, 11) is 0. The van der Waals surface area contributed by atoms with E-state index in [0.717, 1.165) is 5.56 Å². The van der Waals surface area contributed by atoms with Gasteiger partial charge >= 0.3 is 17.9 Å². The van der Waals surface area contributed by atoms with Crippen molar-refractivity contribution < 1.29 is 28.6 Å². The fourth-order valence-electron chi connectivity index (χ4n) is 2.27. The molecule has 0 aliphatic carbocycles. The van der Waals surface area contributed by atoms with Gasteiger partial charge in [0, 0.05) is 33.6 Å². The molecule has 0 aromatic heterocycles. The Labute approximate surface area is 169 Å². The van der Waals surface area contributed by atoms with Crippen LogP contribution in [0.5, 0.6) is 17.2 Å². The molecule has 0 aliphatic rings. The molecule has 6 heteroatoms. The maximum atomic E-state index is 12.2. The van der Waals surface area contributed by atoms with Gasteiger partial charge in [-0.2, -0.15) is 0 Å². The summed E-state index contributed by atoms with van der Waals surface area (Å²) in [5.74, 6) is -1.99. The van der Waals surface area contributed by atoms with Crippen molar-refractivity contribution in [3.05, 3.63) is 66.3 Å². The Bertz CT molecular complexity index is 1070. The molecule has 2 aromatic rings. The van der Waals surface area contributed by atoms with Crippen molar-refractivity contribution >= 4 is 28.7 Å². The van der Waals surface area contributed by atoms with Crippen LogP contribution in [-0.2, 0) is 14.4 Å². The molecular formula is C23H22O6. The average Bonchev–Trinajstić information content (AvgIpc) is 2.63. The van der Waals surface area contributed by atoms with Crippen LogP contribution >= 0.6 is 0 Å². The Morgan fingerprint density at radius 3 is 1.69 bits per heavy atom. The number of ether oxygens (including phenoxy) is 3. The fraction of sp³-hybridized carbons (Fsp3) is 0.174. The van der Waals surface area contributed by atoms with Crippen LogP contribution < -0.4 is 14.2 Å². The van der Waals surface area contributed by atoms with Crippen molar-refractivity contribution in [2.75, 3.05) is 0 Å². The van der Waals surface area contributed by atoms with Crippen molar-refractivity contribution in [1.82, 2.24) is 0 Å². The minimum absolute atomic E-state index is 0.0118. The average molecular weight is 394 g/mol. The van der Waals surface area contributed by atoms with Gasteiger partial charge in [0.05, 0.1) is 0 Å². The first kappa shape index (κ1) is 21.6. The number of esters is 3. The van der Waals surface area contributed by atoms with Gasteiger partial charge in [-0.05, 0) is 33.8 Å². The molecule has 150 valence electrons. The lowest BCUT2D eigenvalue weighted by atomic mass is 10.0. The SMILES string of the molecule is C=C(C)C(=O)Oc1cc(OC(=O)C(=C)C)c2cc(C)ccc2c1OC(=O)C(=C)C. The number of fused-ring (bicyclic) bond motifs is 1. The highest BCUT2D eigenvalue weighted by atomic mass is 16.6. The lowest BCUT2D eigenvalue weighted by molar-refractivity contribution is -0.132. The monoisotopic (exact) mass is 394 g/mol. The molecular weight excluding hydrogens is 372 g/mol. The van der Waals surface area contributed by atoms with E-state index >= 15 is 0 Å². The van der Waals surface area contributed by atoms with Crippen LogP contribution in [0.2, 0.25) is 0 Å². The molecule has 0 bridgehead atoms. The van der Waals surface area contributed by atoms with E-state index in [9.17, 15) is 14.4 Å². The first-order valence-corrected chi connectivity index (χ1v) is 8.71. The highest BCUT2D eigenvalue weighted by Crippen LogP contribution is 2.43. The second kappa shape index (κ2) is 8.56. The third-order valence-corrected chi connectivity index (χ3v) is 3.82. The Hall–Kier alpha value is -3.67. The smallest absolute Gasteiger partial charge is 0.338 e. The van der Waals surface area contributed by atoms with E-state index in [2.05, 4.69) is 19.7 Å². The molecule has 2 rings (SSSR count). The van der Waals surface area contributed by atoms with E-state index in [1.165, 1.54) is 26.8 Å². The number of hydrogen-bond acceptors (Lipinski definition) is 6. The summed E-state index contributed by atoms with van der Waals surface area (Å²) in [6, 6.07) is 6.56. The predicted octanol–water partition coefficient (Wildman–Crippen LogP) is 4.59. The number of carbonyl (C=O) groups is 3. The summed E-state index contributed by atoms with van der Waals surface area (Å²) >= 11 is 0. The molecule has 0 atom stereocenters. The normalized spacial score (nSPS) is 10.2. The van der Waals surface area contributed by atoms with Crippen LogP contribution in [0.1, 0.15) is 26.3 Å². The Morgan fingerprint density at radius 1 is 0.690 bits per heavy atom. The quantitative estimate of drug-likeness (QED) is 0.405. The highest BCUT2D eigenvalue weighted by molar-refractivity contribution is 6.02. The maximum Gasteiger partial charge on any atom is 0.338 e. The van der Waals surface area contributed by atoms with Gasteiger partial charge in [-0.1, -0.05) is 37.4 Å². The first-order chi connectivity index (χ1) is 13.5. The zero-order chi connectivity index (χ0) is 21.9. The number of carbonyl (C=O) groups excluding carboxylic acids is 3. The summed E-state index contributed by atoms with van der Waals surface area (Å²) in [5.41, 5.74) is 1.39. The predicted molar refractivity (Wildman–Crippen MR) is 110 cm³/mol. The van der Waals surface area contributed by atoms with Gasteiger partial charge in [-0.15, -0.1) is 0 Å². The molecule has 29 heavy (non-hydrogen) atoms. The van der Waals surface area contributed by atoms with Crippen molar-refractivity contribution in [1.29, 1.82) is 0 Å². The first-order valence-electron chi connectivity index (χ1n) is 8.71. The van der Waals surface area contributed by atoms with E-state index in [1.54, 1.807) is 18.2 Å². The number of hydrogen-bond donors (Lipinski definition) is 0. The van der Waals surface area contributed by atoms with Gasteiger partial charge in [-0.25, -0.2) is 14.4 Å². The van der Waals surface area contributed by atoms with E-state index in [4.69, 9.17) is 14.2 Å². The molecule has 2 aromatic carbocycles. The molecule has 6 nitrogen and oxygen atoms in total. The second-order valence-corrected chi connectivity index (χ2v) is 6.76. The lowest BCUT2D eigenvalue weighted by Gasteiger charge is -2.16. The zero-order valence-electron chi connectivity index (χ0n) is 16.9. The zero-order valence-corrected chi connectivity index (χ0v) is 16.9. The maximum absolute atomic E-state index is 12.2. The fourth-order valence-corrected chi connectivity index (χ4v) is 2.27. The van der Waals surface area contributed by atoms with Gasteiger partial charge in [0.1, 0.15) is 5.75 Å².